The van der Waals surface area contributed by atoms with E-state index in [1.807, 2.05) is 32.0 Å². The fourth-order valence-electron chi connectivity index (χ4n) is 1.81. The molecular formula is C14H16N2O3S. The molecule has 1 aromatic carbocycles. The zero-order chi connectivity index (χ0) is 14.5. The van der Waals surface area contributed by atoms with E-state index in [1.54, 1.807) is 6.08 Å². The van der Waals surface area contributed by atoms with Gasteiger partial charge in [-0.1, -0.05) is 6.07 Å². The first-order valence-electron chi connectivity index (χ1n) is 6.37. The number of carbonyl (C=O) groups is 1. The molecule has 0 spiro atoms. The monoisotopic (exact) mass is 292 g/mol. The third-order valence-corrected chi connectivity index (χ3v) is 2.80. The van der Waals surface area contributed by atoms with Crippen LogP contribution in [-0.2, 0) is 4.79 Å². The van der Waals surface area contributed by atoms with Gasteiger partial charge in [0.25, 0.3) is 5.91 Å². The Morgan fingerprint density at radius 3 is 2.45 bits per heavy atom. The maximum absolute atomic E-state index is 11.6. The predicted octanol–water partition coefficient (Wildman–Crippen LogP) is 1.83. The van der Waals surface area contributed by atoms with Crippen molar-refractivity contribution in [2.24, 2.45) is 0 Å². The summed E-state index contributed by atoms with van der Waals surface area (Å²) in [4.78, 5) is 11.6. The van der Waals surface area contributed by atoms with Crippen LogP contribution < -0.4 is 20.1 Å². The lowest BCUT2D eigenvalue weighted by Gasteiger charge is -2.11. The summed E-state index contributed by atoms with van der Waals surface area (Å²) < 4.78 is 11.0. The van der Waals surface area contributed by atoms with Gasteiger partial charge in [-0.3, -0.25) is 10.1 Å². The highest BCUT2D eigenvalue weighted by Gasteiger charge is 2.20. The summed E-state index contributed by atoms with van der Waals surface area (Å²) in [6.45, 7) is 4.94. The van der Waals surface area contributed by atoms with E-state index >= 15 is 0 Å². The molecule has 20 heavy (non-hydrogen) atoms. The number of rotatable bonds is 5. The Labute approximate surface area is 123 Å². The minimum absolute atomic E-state index is 0.234. The van der Waals surface area contributed by atoms with Crippen LogP contribution in [-0.4, -0.2) is 24.2 Å². The first-order valence-corrected chi connectivity index (χ1v) is 6.78. The van der Waals surface area contributed by atoms with Gasteiger partial charge in [-0.2, -0.15) is 0 Å². The van der Waals surface area contributed by atoms with Gasteiger partial charge in [-0.05, 0) is 49.8 Å². The molecule has 0 bridgehead atoms. The first-order chi connectivity index (χ1) is 9.63. The molecule has 1 saturated heterocycles. The molecule has 0 aromatic heterocycles. The van der Waals surface area contributed by atoms with Crippen LogP contribution >= 0.6 is 12.2 Å². The number of benzene rings is 1. The van der Waals surface area contributed by atoms with Crippen molar-refractivity contribution in [3.8, 4) is 11.5 Å². The standard InChI is InChI=1S/C14H16N2O3S/c1-3-18-11-6-5-9(8-12(11)19-4-2)7-10-13(17)16-14(20)15-10/h5-8H,3-4H2,1-2H3,(H2,15,16,17,20)/b10-7-. The van der Waals surface area contributed by atoms with E-state index in [-0.39, 0.29) is 5.91 Å². The summed E-state index contributed by atoms with van der Waals surface area (Å²) >= 11 is 4.88. The van der Waals surface area contributed by atoms with E-state index in [0.29, 0.717) is 35.5 Å². The predicted molar refractivity (Wildman–Crippen MR) is 80.6 cm³/mol. The number of nitrogens with one attached hydrogen (secondary N) is 2. The van der Waals surface area contributed by atoms with Crippen molar-refractivity contribution in [3.63, 3.8) is 0 Å². The lowest BCUT2D eigenvalue weighted by atomic mass is 10.1. The molecular weight excluding hydrogens is 276 g/mol. The Bertz CT molecular complexity index is 570. The number of hydrogen-bond acceptors (Lipinski definition) is 4. The second kappa shape index (κ2) is 6.38. The molecule has 1 aromatic rings. The Balaban J connectivity index is 2.29. The van der Waals surface area contributed by atoms with E-state index < -0.39 is 0 Å². The number of carbonyl (C=O) groups excluding carboxylic acids is 1. The molecule has 5 nitrogen and oxygen atoms in total. The average Bonchev–Trinajstić information content (AvgIpc) is 2.71. The molecule has 0 unspecified atom stereocenters. The molecule has 6 heteroatoms. The van der Waals surface area contributed by atoms with Gasteiger partial charge in [0, 0.05) is 0 Å². The Hall–Kier alpha value is -2.08. The molecule has 1 heterocycles. The SMILES string of the molecule is CCOc1ccc(/C=C2\NC(=S)NC2=O)cc1OCC. The van der Waals surface area contributed by atoms with Crippen molar-refractivity contribution in [3.05, 3.63) is 29.5 Å². The van der Waals surface area contributed by atoms with Crippen LogP contribution in [0.4, 0.5) is 0 Å². The normalized spacial score (nSPS) is 16.0. The van der Waals surface area contributed by atoms with Gasteiger partial charge in [0.2, 0.25) is 0 Å². The second-order valence-corrected chi connectivity index (χ2v) is 4.45. The Morgan fingerprint density at radius 2 is 1.85 bits per heavy atom. The van der Waals surface area contributed by atoms with Crippen LogP contribution in [0.2, 0.25) is 0 Å². The van der Waals surface area contributed by atoms with Gasteiger partial charge in [0.1, 0.15) is 5.70 Å². The third-order valence-electron chi connectivity index (χ3n) is 2.60. The van der Waals surface area contributed by atoms with E-state index in [9.17, 15) is 4.79 Å². The highest BCUT2D eigenvalue weighted by Crippen LogP contribution is 2.29. The second-order valence-electron chi connectivity index (χ2n) is 4.04. The van der Waals surface area contributed by atoms with Crippen LogP contribution in [0.15, 0.2) is 23.9 Å². The van der Waals surface area contributed by atoms with Crippen molar-refractivity contribution in [2.75, 3.05) is 13.2 Å². The maximum atomic E-state index is 11.6. The fraction of sp³-hybridized carbons (Fsp3) is 0.286. The van der Waals surface area contributed by atoms with Crippen molar-refractivity contribution >= 4 is 29.3 Å². The van der Waals surface area contributed by atoms with Crippen LogP contribution in [0, 0.1) is 0 Å². The summed E-state index contributed by atoms with van der Waals surface area (Å²) in [6.07, 6.45) is 1.72. The number of ether oxygens (including phenoxy) is 2. The average molecular weight is 292 g/mol. The Morgan fingerprint density at radius 1 is 1.15 bits per heavy atom. The lowest BCUT2D eigenvalue weighted by Crippen LogP contribution is -2.21. The highest BCUT2D eigenvalue weighted by molar-refractivity contribution is 7.80. The highest BCUT2D eigenvalue weighted by atomic mass is 32.1. The molecule has 1 fully saturated rings. The van der Waals surface area contributed by atoms with Gasteiger partial charge in [-0.15, -0.1) is 0 Å². The van der Waals surface area contributed by atoms with E-state index in [1.165, 1.54) is 0 Å². The molecule has 1 aliphatic rings. The van der Waals surface area contributed by atoms with Crippen LogP contribution in [0.5, 0.6) is 11.5 Å². The zero-order valence-electron chi connectivity index (χ0n) is 11.4. The van der Waals surface area contributed by atoms with E-state index in [2.05, 4.69) is 10.6 Å². The minimum Gasteiger partial charge on any atom is -0.490 e. The molecule has 1 amide bonds. The van der Waals surface area contributed by atoms with Gasteiger partial charge in [0.05, 0.1) is 13.2 Å². The van der Waals surface area contributed by atoms with Crippen molar-refractivity contribution in [1.29, 1.82) is 0 Å². The number of thiocarbonyl (C=S) groups is 1. The van der Waals surface area contributed by atoms with Crippen LogP contribution in [0.3, 0.4) is 0 Å². The number of hydrogen-bond donors (Lipinski definition) is 2. The first kappa shape index (κ1) is 14.3. The van der Waals surface area contributed by atoms with Gasteiger partial charge >= 0.3 is 0 Å². The molecule has 0 saturated carbocycles. The van der Waals surface area contributed by atoms with Gasteiger partial charge in [-0.25, -0.2) is 0 Å². The van der Waals surface area contributed by atoms with Crippen molar-refractivity contribution < 1.29 is 14.3 Å². The fourth-order valence-corrected chi connectivity index (χ4v) is 2.01. The topological polar surface area (TPSA) is 59.6 Å². The lowest BCUT2D eigenvalue weighted by molar-refractivity contribution is -0.115. The maximum Gasteiger partial charge on any atom is 0.273 e. The summed E-state index contributed by atoms with van der Waals surface area (Å²) in [5, 5.41) is 5.64. The molecule has 106 valence electrons. The molecule has 0 aliphatic carbocycles. The Kier molecular flexibility index (Phi) is 4.57. The third kappa shape index (κ3) is 3.27. The minimum atomic E-state index is -0.234. The van der Waals surface area contributed by atoms with Crippen molar-refractivity contribution in [2.45, 2.75) is 13.8 Å². The quantitative estimate of drug-likeness (QED) is 0.640. The summed E-state index contributed by atoms with van der Waals surface area (Å²) in [6, 6.07) is 5.51. The van der Waals surface area contributed by atoms with Crippen LogP contribution in [0.25, 0.3) is 6.08 Å². The van der Waals surface area contributed by atoms with Crippen molar-refractivity contribution in [1.82, 2.24) is 10.6 Å². The van der Waals surface area contributed by atoms with Gasteiger partial charge in [0.15, 0.2) is 16.6 Å². The summed E-state index contributed by atoms with van der Waals surface area (Å²) in [5.41, 5.74) is 1.25. The molecule has 0 atom stereocenters. The largest absolute Gasteiger partial charge is 0.490 e. The summed E-state index contributed by atoms with van der Waals surface area (Å²) in [5.74, 6) is 1.11. The zero-order valence-corrected chi connectivity index (χ0v) is 12.2. The van der Waals surface area contributed by atoms with Gasteiger partial charge < -0.3 is 14.8 Å². The van der Waals surface area contributed by atoms with Crippen LogP contribution in [0.1, 0.15) is 19.4 Å². The molecule has 1 aliphatic heterocycles. The van der Waals surface area contributed by atoms with E-state index in [0.717, 1.165) is 5.56 Å². The molecule has 0 radical (unpaired) electrons. The summed E-state index contributed by atoms with van der Waals surface area (Å²) in [7, 11) is 0. The number of amides is 1. The van der Waals surface area contributed by atoms with E-state index in [4.69, 9.17) is 21.7 Å². The molecule has 2 N–H and O–H groups in total. The smallest absolute Gasteiger partial charge is 0.273 e. The molecule has 2 rings (SSSR count).